The first-order valence-electron chi connectivity index (χ1n) is 5.42. The molecule has 6 heteroatoms. The largest absolute Gasteiger partial charge is 0.440 e. The van der Waals surface area contributed by atoms with Gasteiger partial charge in [-0.25, -0.2) is 13.1 Å². The minimum atomic E-state index is -3.67. The van der Waals surface area contributed by atoms with Gasteiger partial charge in [0.05, 0.1) is 0 Å². The molecule has 96 valence electrons. The van der Waals surface area contributed by atoms with Gasteiger partial charge in [0.1, 0.15) is 0 Å². The molecular formula is C11H17NO4S. The molecule has 0 saturated carbocycles. The van der Waals surface area contributed by atoms with Gasteiger partial charge in [0.25, 0.3) is 10.0 Å². The van der Waals surface area contributed by atoms with Crippen molar-refractivity contribution in [1.29, 1.82) is 0 Å². The van der Waals surface area contributed by atoms with Crippen molar-refractivity contribution < 1.29 is 17.6 Å². The SMILES string of the molecule is CC(C)CC(C)NS(=O)(=O)c1ccc(C=O)o1. The molecule has 1 aromatic rings. The highest BCUT2D eigenvalue weighted by molar-refractivity contribution is 7.89. The molecule has 0 bridgehead atoms. The highest BCUT2D eigenvalue weighted by Gasteiger charge is 2.21. The van der Waals surface area contributed by atoms with Gasteiger partial charge in [0.15, 0.2) is 12.0 Å². The van der Waals surface area contributed by atoms with E-state index in [9.17, 15) is 13.2 Å². The molecule has 0 aromatic carbocycles. The Morgan fingerprint density at radius 3 is 2.47 bits per heavy atom. The fourth-order valence-electron chi connectivity index (χ4n) is 1.62. The van der Waals surface area contributed by atoms with E-state index >= 15 is 0 Å². The Labute approximate surface area is 101 Å². The summed E-state index contributed by atoms with van der Waals surface area (Å²) >= 11 is 0. The molecule has 0 aliphatic heterocycles. The Morgan fingerprint density at radius 2 is 2.00 bits per heavy atom. The molecule has 1 heterocycles. The number of furan rings is 1. The van der Waals surface area contributed by atoms with Crippen LogP contribution in [-0.2, 0) is 10.0 Å². The lowest BCUT2D eigenvalue weighted by Gasteiger charge is -2.14. The lowest BCUT2D eigenvalue weighted by molar-refractivity contribution is 0.109. The topological polar surface area (TPSA) is 76.4 Å². The smallest absolute Gasteiger partial charge is 0.274 e. The number of aldehydes is 1. The van der Waals surface area contributed by atoms with Crippen molar-refractivity contribution in [3.8, 4) is 0 Å². The zero-order valence-corrected chi connectivity index (χ0v) is 11.0. The van der Waals surface area contributed by atoms with Crippen LogP contribution >= 0.6 is 0 Å². The maximum atomic E-state index is 11.8. The van der Waals surface area contributed by atoms with Gasteiger partial charge in [-0.1, -0.05) is 13.8 Å². The van der Waals surface area contributed by atoms with Crippen molar-refractivity contribution in [2.24, 2.45) is 5.92 Å². The summed E-state index contributed by atoms with van der Waals surface area (Å²) in [5.74, 6) is 0.400. The van der Waals surface area contributed by atoms with Crippen LogP contribution in [0.5, 0.6) is 0 Å². The normalized spacial score (nSPS) is 13.9. The third kappa shape index (κ3) is 3.98. The van der Waals surface area contributed by atoms with Gasteiger partial charge >= 0.3 is 0 Å². The van der Waals surface area contributed by atoms with Crippen molar-refractivity contribution >= 4 is 16.3 Å². The van der Waals surface area contributed by atoms with Crippen molar-refractivity contribution in [3.05, 3.63) is 17.9 Å². The number of rotatable bonds is 6. The molecule has 1 unspecified atom stereocenters. The van der Waals surface area contributed by atoms with Crippen LogP contribution in [0.4, 0.5) is 0 Å². The van der Waals surface area contributed by atoms with Gasteiger partial charge in [-0.05, 0) is 31.4 Å². The van der Waals surface area contributed by atoms with Gasteiger partial charge in [-0.2, -0.15) is 0 Å². The van der Waals surface area contributed by atoms with Crippen molar-refractivity contribution in [3.63, 3.8) is 0 Å². The van der Waals surface area contributed by atoms with Crippen LogP contribution in [0.15, 0.2) is 21.6 Å². The van der Waals surface area contributed by atoms with Gasteiger partial charge in [-0.3, -0.25) is 4.79 Å². The minimum Gasteiger partial charge on any atom is -0.440 e. The maximum Gasteiger partial charge on any atom is 0.274 e. The Balaban J connectivity index is 2.78. The van der Waals surface area contributed by atoms with E-state index in [1.54, 1.807) is 6.92 Å². The van der Waals surface area contributed by atoms with Crippen LogP contribution in [-0.4, -0.2) is 20.7 Å². The summed E-state index contributed by atoms with van der Waals surface area (Å²) in [4.78, 5) is 10.4. The maximum absolute atomic E-state index is 11.8. The summed E-state index contributed by atoms with van der Waals surface area (Å²) in [5.41, 5.74) is 0. The first-order chi connectivity index (χ1) is 7.85. The number of sulfonamides is 1. The van der Waals surface area contributed by atoms with E-state index < -0.39 is 10.0 Å². The Kier molecular flexibility index (Phi) is 4.47. The second-order valence-electron chi connectivity index (χ2n) is 4.43. The van der Waals surface area contributed by atoms with E-state index in [0.29, 0.717) is 12.2 Å². The third-order valence-electron chi connectivity index (χ3n) is 2.16. The molecule has 0 aliphatic carbocycles. The van der Waals surface area contributed by atoms with Gasteiger partial charge < -0.3 is 4.42 Å². The molecule has 0 fully saturated rings. The predicted molar refractivity (Wildman–Crippen MR) is 63.3 cm³/mol. The Hall–Kier alpha value is -1.14. The molecule has 0 saturated heterocycles. The zero-order chi connectivity index (χ0) is 13.1. The van der Waals surface area contributed by atoms with Gasteiger partial charge in [0.2, 0.25) is 5.09 Å². The molecule has 1 atom stereocenters. The Bertz CT molecular complexity index is 475. The fourth-order valence-corrected chi connectivity index (χ4v) is 2.82. The average molecular weight is 259 g/mol. The molecule has 1 N–H and O–H groups in total. The number of carbonyl (C=O) groups is 1. The molecule has 0 amide bonds. The molecule has 1 rings (SSSR count). The highest BCUT2D eigenvalue weighted by atomic mass is 32.2. The highest BCUT2D eigenvalue weighted by Crippen LogP contribution is 2.14. The van der Waals surface area contributed by atoms with Crippen molar-refractivity contribution in [1.82, 2.24) is 4.72 Å². The second kappa shape index (κ2) is 5.46. The van der Waals surface area contributed by atoms with Crippen LogP contribution in [0.2, 0.25) is 0 Å². The first-order valence-corrected chi connectivity index (χ1v) is 6.91. The first kappa shape index (κ1) is 13.9. The van der Waals surface area contributed by atoms with Crippen LogP contribution in [0.3, 0.4) is 0 Å². The minimum absolute atomic E-state index is 0.00175. The lowest BCUT2D eigenvalue weighted by atomic mass is 10.1. The second-order valence-corrected chi connectivity index (χ2v) is 6.07. The molecule has 0 aliphatic rings. The van der Waals surface area contributed by atoms with Crippen molar-refractivity contribution in [2.45, 2.75) is 38.3 Å². The lowest BCUT2D eigenvalue weighted by Crippen LogP contribution is -2.33. The number of nitrogens with one attached hydrogen (secondary N) is 1. The van der Waals surface area contributed by atoms with Crippen LogP contribution < -0.4 is 4.72 Å². The predicted octanol–water partition coefficient (Wildman–Crippen LogP) is 1.81. The number of carbonyl (C=O) groups excluding carboxylic acids is 1. The molecule has 5 nitrogen and oxygen atoms in total. The van der Waals surface area contributed by atoms with Gasteiger partial charge in [-0.15, -0.1) is 0 Å². The summed E-state index contributed by atoms with van der Waals surface area (Å²) < 4.78 is 31.1. The van der Waals surface area contributed by atoms with Crippen molar-refractivity contribution in [2.75, 3.05) is 0 Å². The van der Waals surface area contributed by atoms with E-state index in [2.05, 4.69) is 4.72 Å². The fraction of sp³-hybridized carbons (Fsp3) is 0.545. The zero-order valence-electron chi connectivity index (χ0n) is 10.1. The van der Waals surface area contributed by atoms with Gasteiger partial charge in [0, 0.05) is 6.04 Å². The summed E-state index contributed by atoms with van der Waals surface area (Å²) in [6, 6.07) is 2.42. The third-order valence-corrected chi connectivity index (χ3v) is 3.63. The van der Waals surface area contributed by atoms with E-state index in [-0.39, 0.29) is 16.9 Å². The summed E-state index contributed by atoms with van der Waals surface area (Å²) in [5, 5.41) is -0.227. The Morgan fingerprint density at radius 1 is 1.35 bits per heavy atom. The van der Waals surface area contributed by atoms with Crippen LogP contribution in [0.25, 0.3) is 0 Å². The standard InChI is InChI=1S/C11H17NO4S/c1-8(2)6-9(3)12-17(14,15)11-5-4-10(7-13)16-11/h4-5,7-9,12H,6H2,1-3H3. The van der Waals surface area contributed by atoms with E-state index in [0.717, 1.165) is 6.42 Å². The summed E-state index contributed by atoms with van der Waals surface area (Å²) in [6.45, 7) is 5.82. The van der Waals surface area contributed by atoms with E-state index in [1.165, 1.54) is 12.1 Å². The molecule has 1 aromatic heterocycles. The summed E-state index contributed by atoms with van der Waals surface area (Å²) in [7, 11) is -3.67. The molecular weight excluding hydrogens is 242 g/mol. The van der Waals surface area contributed by atoms with Crippen LogP contribution in [0, 0.1) is 5.92 Å². The van der Waals surface area contributed by atoms with E-state index in [4.69, 9.17) is 4.42 Å². The average Bonchev–Trinajstić information content (AvgIpc) is 2.63. The van der Waals surface area contributed by atoms with E-state index in [1.807, 2.05) is 13.8 Å². The monoisotopic (exact) mass is 259 g/mol. The summed E-state index contributed by atoms with van der Waals surface area (Å²) in [6.07, 6.45) is 1.21. The quantitative estimate of drug-likeness (QED) is 0.790. The number of hydrogen-bond donors (Lipinski definition) is 1. The molecule has 0 spiro atoms. The molecule has 17 heavy (non-hydrogen) atoms. The number of hydrogen-bond acceptors (Lipinski definition) is 4. The van der Waals surface area contributed by atoms with Crippen LogP contribution in [0.1, 0.15) is 37.7 Å². The molecule has 0 radical (unpaired) electrons.